The molecule has 0 aliphatic carbocycles. The SMILES string of the molecule is N#C/C(=C\c1ccc(OCc2ccc(Cl)cc2)cc1)C(=O)Nc1c(Cl)cc([N+](=O)[O-])cc1Cl. The van der Waals surface area contributed by atoms with E-state index < -0.39 is 10.8 Å². The zero-order chi connectivity index (χ0) is 24.0. The molecule has 0 aromatic heterocycles. The topological polar surface area (TPSA) is 105 Å². The van der Waals surface area contributed by atoms with Crippen LogP contribution in [-0.2, 0) is 11.4 Å². The zero-order valence-corrected chi connectivity index (χ0v) is 19.0. The van der Waals surface area contributed by atoms with Crippen molar-refractivity contribution in [1.82, 2.24) is 0 Å². The molecule has 0 spiro atoms. The van der Waals surface area contributed by atoms with E-state index in [0.29, 0.717) is 22.9 Å². The Hall–Kier alpha value is -3.57. The Bertz CT molecular complexity index is 1240. The highest BCUT2D eigenvalue weighted by atomic mass is 35.5. The molecule has 0 saturated heterocycles. The Morgan fingerprint density at radius 3 is 2.21 bits per heavy atom. The smallest absolute Gasteiger partial charge is 0.272 e. The molecule has 3 rings (SSSR count). The lowest BCUT2D eigenvalue weighted by Crippen LogP contribution is -2.14. The van der Waals surface area contributed by atoms with Crippen molar-refractivity contribution in [2.75, 3.05) is 5.32 Å². The van der Waals surface area contributed by atoms with Gasteiger partial charge in [-0.25, -0.2) is 0 Å². The van der Waals surface area contributed by atoms with Crippen LogP contribution in [0.3, 0.4) is 0 Å². The number of nitrogens with one attached hydrogen (secondary N) is 1. The Labute approximate surface area is 203 Å². The fourth-order valence-electron chi connectivity index (χ4n) is 2.69. The molecule has 3 aromatic rings. The zero-order valence-electron chi connectivity index (χ0n) is 16.7. The molecule has 0 aliphatic rings. The van der Waals surface area contributed by atoms with E-state index in [4.69, 9.17) is 39.5 Å². The van der Waals surface area contributed by atoms with Crippen molar-refractivity contribution in [3.63, 3.8) is 0 Å². The van der Waals surface area contributed by atoms with Crippen molar-refractivity contribution < 1.29 is 14.5 Å². The Morgan fingerprint density at radius 1 is 1.06 bits per heavy atom. The van der Waals surface area contributed by atoms with Gasteiger partial charge in [0.2, 0.25) is 0 Å². The lowest BCUT2D eigenvalue weighted by Gasteiger charge is -2.09. The van der Waals surface area contributed by atoms with Crippen LogP contribution in [-0.4, -0.2) is 10.8 Å². The van der Waals surface area contributed by atoms with Gasteiger partial charge in [0.1, 0.15) is 24.0 Å². The summed E-state index contributed by atoms with van der Waals surface area (Å²) < 4.78 is 5.71. The summed E-state index contributed by atoms with van der Waals surface area (Å²) in [7, 11) is 0. The van der Waals surface area contributed by atoms with Crippen molar-refractivity contribution in [2.24, 2.45) is 0 Å². The highest BCUT2D eigenvalue weighted by Crippen LogP contribution is 2.35. The molecule has 0 heterocycles. The van der Waals surface area contributed by atoms with Gasteiger partial charge < -0.3 is 10.1 Å². The molecular weight excluding hydrogens is 489 g/mol. The molecule has 0 unspecified atom stereocenters. The number of halogens is 3. The number of amides is 1. The van der Waals surface area contributed by atoms with E-state index >= 15 is 0 Å². The van der Waals surface area contributed by atoms with Crippen LogP contribution < -0.4 is 10.1 Å². The fourth-order valence-corrected chi connectivity index (χ4v) is 3.38. The van der Waals surface area contributed by atoms with Crippen LogP contribution in [0.2, 0.25) is 15.1 Å². The summed E-state index contributed by atoms with van der Waals surface area (Å²) in [4.78, 5) is 22.8. The number of hydrogen-bond donors (Lipinski definition) is 1. The first-order chi connectivity index (χ1) is 15.8. The number of ether oxygens (including phenoxy) is 1. The average molecular weight is 503 g/mol. The van der Waals surface area contributed by atoms with Gasteiger partial charge in [0, 0.05) is 17.2 Å². The van der Waals surface area contributed by atoms with Gasteiger partial charge in [-0.1, -0.05) is 59.1 Å². The van der Waals surface area contributed by atoms with Gasteiger partial charge in [0.05, 0.1) is 20.7 Å². The van der Waals surface area contributed by atoms with Crippen molar-refractivity contribution in [1.29, 1.82) is 5.26 Å². The molecule has 166 valence electrons. The first-order valence-corrected chi connectivity index (χ1v) is 10.4. The predicted molar refractivity (Wildman–Crippen MR) is 128 cm³/mol. The van der Waals surface area contributed by atoms with Crippen LogP contribution in [0.15, 0.2) is 66.2 Å². The summed E-state index contributed by atoms with van der Waals surface area (Å²) in [5.74, 6) is -0.160. The lowest BCUT2D eigenvalue weighted by molar-refractivity contribution is -0.384. The Balaban J connectivity index is 1.70. The maximum atomic E-state index is 12.5. The highest BCUT2D eigenvalue weighted by Gasteiger charge is 2.18. The molecule has 3 aromatic carbocycles. The van der Waals surface area contributed by atoms with Crippen LogP contribution >= 0.6 is 34.8 Å². The largest absolute Gasteiger partial charge is 0.489 e. The van der Waals surface area contributed by atoms with Gasteiger partial charge in [-0.2, -0.15) is 5.26 Å². The quantitative estimate of drug-likeness (QED) is 0.168. The van der Waals surface area contributed by atoms with E-state index in [2.05, 4.69) is 5.32 Å². The molecule has 0 aliphatic heterocycles. The third-order valence-electron chi connectivity index (χ3n) is 4.35. The monoisotopic (exact) mass is 501 g/mol. The second-order valence-corrected chi connectivity index (χ2v) is 7.90. The van der Waals surface area contributed by atoms with E-state index in [1.165, 1.54) is 6.08 Å². The maximum absolute atomic E-state index is 12.5. The second kappa shape index (κ2) is 10.8. The van der Waals surface area contributed by atoms with Gasteiger partial charge >= 0.3 is 0 Å². The molecule has 0 fully saturated rings. The molecule has 10 heteroatoms. The summed E-state index contributed by atoms with van der Waals surface area (Å²) in [5, 5.41) is 23.1. The van der Waals surface area contributed by atoms with E-state index in [1.807, 2.05) is 18.2 Å². The van der Waals surface area contributed by atoms with E-state index in [-0.39, 0.29) is 27.0 Å². The summed E-state index contributed by atoms with van der Waals surface area (Å²) in [5.41, 5.74) is 0.977. The van der Waals surface area contributed by atoms with Crippen LogP contribution in [0, 0.1) is 21.4 Å². The molecule has 0 atom stereocenters. The third-order valence-corrected chi connectivity index (χ3v) is 5.20. The summed E-state index contributed by atoms with van der Waals surface area (Å²) in [6.45, 7) is 0.356. The number of nitro groups is 1. The first-order valence-electron chi connectivity index (χ1n) is 9.30. The minimum absolute atomic E-state index is 0.0268. The molecule has 1 N–H and O–H groups in total. The minimum Gasteiger partial charge on any atom is -0.489 e. The number of nitro benzene ring substituents is 1. The number of nitrogens with zero attached hydrogens (tertiary/aromatic N) is 2. The van der Waals surface area contributed by atoms with E-state index in [9.17, 15) is 20.2 Å². The fraction of sp³-hybridized carbons (Fsp3) is 0.0435. The first kappa shape index (κ1) is 24.1. The van der Waals surface area contributed by atoms with Crippen molar-refractivity contribution >= 4 is 58.2 Å². The van der Waals surface area contributed by atoms with Crippen LogP contribution in [0.5, 0.6) is 5.75 Å². The molecule has 0 radical (unpaired) electrons. The number of rotatable bonds is 7. The van der Waals surface area contributed by atoms with Gasteiger partial charge in [0.15, 0.2) is 0 Å². The highest BCUT2D eigenvalue weighted by molar-refractivity contribution is 6.40. The second-order valence-electron chi connectivity index (χ2n) is 6.65. The van der Waals surface area contributed by atoms with E-state index in [0.717, 1.165) is 17.7 Å². The van der Waals surface area contributed by atoms with Crippen LogP contribution in [0.25, 0.3) is 6.08 Å². The summed E-state index contributed by atoms with van der Waals surface area (Å²) in [6.07, 6.45) is 1.38. The van der Waals surface area contributed by atoms with Gasteiger partial charge in [-0.3, -0.25) is 14.9 Å². The van der Waals surface area contributed by atoms with Gasteiger partial charge in [0.25, 0.3) is 11.6 Å². The molecule has 1 amide bonds. The number of non-ortho nitro benzene ring substituents is 1. The number of hydrogen-bond acceptors (Lipinski definition) is 5. The number of nitriles is 1. The van der Waals surface area contributed by atoms with Crippen LogP contribution in [0.4, 0.5) is 11.4 Å². The van der Waals surface area contributed by atoms with Crippen molar-refractivity contribution in [3.8, 4) is 11.8 Å². The van der Waals surface area contributed by atoms with Crippen molar-refractivity contribution in [2.45, 2.75) is 6.61 Å². The van der Waals surface area contributed by atoms with E-state index in [1.54, 1.807) is 36.4 Å². The van der Waals surface area contributed by atoms with Gasteiger partial charge in [-0.15, -0.1) is 0 Å². The Kier molecular flexibility index (Phi) is 7.91. The molecule has 33 heavy (non-hydrogen) atoms. The third kappa shape index (κ3) is 6.46. The van der Waals surface area contributed by atoms with Crippen molar-refractivity contribution in [3.05, 3.63) is 103 Å². The minimum atomic E-state index is -0.766. The number of benzene rings is 3. The summed E-state index contributed by atoms with van der Waals surface area (Å²) in [6, 6.07) is 18.0. The van der Waals surface area contributed by atoms with Gasteiger partial charge in [-0.05, 0) is 41.5 Å². The molecule has 7 nitrogen and oxygen atoms in total. The maximum Gasteiger partial charge on any atom is 0.272 e. The number of carbonyl (C=O) groups excluding carboxylic acids is 1. The molecule has 0 bridgehead atoms. The molecule has 0 saturated carbocycles. The average Bonchev–Trinajstić information content (AvgIpc) is 2.80. The lowest BCUT2D eigenvalue weighted by atomic mass is 10.1. The Morgan fingerprint density at radius 2 is 1.67 bits per heavy atom. The number of anilines is 1. The standard InChI is InChI=1S/C23H14Cl3N3O4/c24-17-5-1-15(2-6-17)13-33-19-7-3-14(4-8-19)9-16(12-27)23(30)28-22-20(25)10-18(29(31)32)11-21(22)26/h1-11H,13H2,(H,28,30)/b16-9+. The normalized spacial score (nSPS) is 10.9. The van der Waals surface area contributed by atoms with Crippen LogP contribution in [0.1, 0.15) is 11.1 Å². The predicted octanol–water partition coefficient (Wildman–Crippen LogP) is 6.68. The summed E-state index contributed by atoms with van der Waals surface area (Å²) >= 11 is 17.9. The molecular formula is C23H14Cl3N3O4. The number of carbonyl (C=O) groups is 1.